The van der Waals surface area contributed by atoms with E-state index < -0.39 is 49.5 Å². The Morgan fingerprint density at radius 3 is 2.15 bits per heavy atom. The summed E-state index contributed by atoms with van der Waals surface area (Å²) in [4.78, 5) is 32.5. The molecular weight excluding hydrogens is 725 g/mol. The Bertz CT molecular complexity index is 2010. The molecule has 2 amide bonds. The minimum absolute atomic E-state index is 0.135. The summed E-state index contributed by atoms with van der Waals surface area (Å²) in [6.07, 6.45) is -0.979. The molecule has 1 fully saturated rings. The number of nitrogens with zero attached hydrogens (tertiary/aromatic N) is 4. The number of fused-ring (bicyclic) bond motifs is 1. The summed E-state index contributed by atoms with van der Waals surface area (Å²) in [5.74, 6) is 0.0866. The zero-order valence-electron chi connectivity index (χ0n) is 32.0. The van der Waals surface area contributed by atoms with E-state index in [9.17, 15) is 23.1 Å². The van der Waals surface area contributed by atoms with Crippen molar-refractivity contribution in [2.45, 2.75) is 95.7 Å². The third-order valence-corrected chi connectivity index (χ3v) is 15.1. The van der Waals surface area contributed by atoms with Gasteiger partial charge in [0.1, 0.15) is 24.5 Å². The van der Waals surface area contributed by atoms with Crippen LogP contribution in [0.2, 0.25) is 51.4 Å². The lowest BCUT2D eigenvalue weighted by molar-refractivity contribution is -0.128. The summed E-state index contributed by atoms with van der Waals surface area (Å²) >= 11 is 0. The average Bonchev–Trinajstić information content (AvgIpc) is 3.55. The van der Waals surface area contributed by atoms with Crippen molar-refractivity contribution in [1.29, 1.82) is 0 Å². The van der Waals surface area contributed by atoms with Gasteiger partial charge in [0.15, 0.2) is 0 Å². The highest BCUT2D eigenvalue weighted by molar-refractivity contribution is 7.90. The molecule has 0 spiro atoms. The fourth-order valence-corrected chi connectivity index (χ4v) is 9.84. The van der Waals surface area contributed by atoms with Gasteiger partial charge in [0, 0.05) is 42.3 Å². The van der Waals surface area contributed by atoms with E-state index >= 15 is 0 Å². The predicted octanol–water partition coefficient (Wildman–Crippen LogP) is 8.04. The second-order valence-corrected chi connectivity index (χ2v) is 29.7. The highest BCUT2D eigenvalue weighted by Gasteiger charge is 2.46. The molecule has 1 aliphatic heterocycles. The first kappa shape index (κ1) is 40.4. The van der Waals surface area contributed by atoms with Crippen LogP contribution in [-0.4, -0.2) is 80.4 Å². The van der Waals surface area contributed by atoms with Gasteiger partial charge >= 0.3 is 6.09 Å². The summed E-state index contributed by atoms with van der Waals surface area (Å²) in [5.41, 5.74) is 4.49. The highest BCUT2D eigenvalue weighted by atomic mass is 32.2. The maximum Gasteiger partial charge on any atom is 0.408 e. The van der Waals surface area contributed by atoms with E-state index in [1.807, 2.05) is 78.2 Å². The number of carbonyl (C=O) groups is 2. The lowest BCUT2D eigenvalue weighted by Crippen LogP contribution is -2.36. The molecule has 1 aliphatic rings. The van der Waals surface area contributed by atoms with E-state index in [2.05, 4.69) is 39.3 Å². The van der Waals surface area contributed by atoms with Crippen LogP contribution in [0.1, 0.15) is 45.8 Å². The van der Waals surface area contributed by atoms with Gasteiger partial charge in [-0.15, -0.1) is 0 Å². The molecule has 2 heterocycles. The Balaban J connectivity index is 1.47. The minimum Gasteiger partial charge on any atom is -0.465 e. The summed E-state index contributed by atoms with van der Waals surface area (Å²) in [6.45, 7) is 16.4. The van der Waals surface area contributed by atoms with E-state index in [4.69, 9.17) is 14.5 Å². The number of benzene rings is 3. The van der Waals surface area contributed by atoms with Gasteiger partial charge in [-0.1, -0.05) is 99.9 Å². The first-order valence-corrected chi connectivity index (χ1v) is 27.1. The molecule has 1 aromatic heterocycles. The summed E-state index contributed by atoms with van der Waals surface area (Å²) < 4.78 is 42.1. The molecule has 53 heavy (non-hydrogen) atoms. The molecule has 0 unspecified atom stereocenters. The highest BCUT2D eigenvalue weighted by Crippen LogP contribution is 2.39. The standard InChI is InChI=1S/C39H54N4O7SSi2/c1-29-23-31(17-18-32(29)36-25-37(44)43(51(36,47)48)28-50-20-22-53(5,6)7)24-35(41(39(45)46)26-30-13-9-8-10-14-30)38-40-33-15-11-12-16-34(33)42(38)27-49-19-21-52(2,3)4/h8-18,23,35-36H,19-22,24-28H2,1-7H3,(H,45,46)/t35-,36-/m0/s1. The van der Waals surface area contributed by atoms with Gasteiger partial charge in [0.05, 0.1) is 23.5 Å². The lowest BCUT2D eigenvalue weighted by atomic mass is 9.96. The van der Waals surface area contributed by atoms with Crippen LogP contribution in [0.5, 0.6) is 0 Å². The van der Waals surface area contributed by atoms with Crippen molar-refractivity contribution < 1.29 is 32.6 Å². The van der Waals surface area contributed by atoms with Crippen molar-refractivity contribution in [1.82, 2.24) is 18.8 Å². The number of rotatable bonds is 17. The van der Waals surface area contributed by atoms with Crippen molar-refractivity contribution in [3.8, 4) is 0 Å². The van der Waals surface area contributed by atoms with Crippen LogP contribution < -0.4 is 0 Å². The van der Waals surface area contributed by atoms with Crippen LogP contribution in [0.15, 0.2) is 72.8 Å². The van der Waals surface area contributed by atoms with Gasteiger partial charge in [-0.05, 0) is 53.4 Å². The van der Waals surface area contributed by atoms with Crippen LogP contribution in [0.25, 0.3) is 11.0 Å². The fourth-order valence-electron chi connectivity index (χ4n) is 6.50. The Morgan fingerprint density at radius 2 is 1.53 bits per heavy atom. The first-order chi connectivity index (χ1) is 24.9. The number of hydrogen-bond donors (Lipinski definition) is 1. The van der Waals surface area contributed by atoms with Crippen molar-refractivity contribution in [3.63, 3.8) is 0 Å². The molecule has 0 bridgehead atoms. The molecule has 14 heteroatoms. The van der Waals surface area contributed by atoms with Crippen molar-refractivity contribution >= 4 is 49.2 Å². The third kappa shape index (κ3) is 10.2. The van der Waals surface area contributed by atoms with Gasteiger partial charge in [-0.3, -0.25) is 9.69 Å². The largest absolute Gasteiger partial charge is 0.465 e. The predicted molar refractivity (Wildman–Crippen MR) is 214 cm³/mol. The van der Waals surface area contributed by atoms with E-state index in [0.717, 1.165) is 38.6 Å². The number of hydrogen-bond acceptors (Lipinski definition) is 7. The van der Waals surface area contributed by atoms with Crippen LogP contribution in [0, 0.1) is 6.92 Å². The van der Waals surface area contributed by atoms with Gasteiger partial charge in [0.25, 0.3) is 0 Å². The Kier molecular flexibility index (Phi) is 12.7. The Labute approximate surface area is 316 Å². The quantitative estimate of drug-likeness (QED) is 0.0842. The third-order valence-electron chi connectivity index (χ3n) is 9.64. The van der Waals surface area contributed by atoms with Crippen molar-refractivity contribution in [2.24, 2.45) is 0 Å². The Hall–Kier alpha value is -3.83. The first-order valence-electron chi connectivity index (χ1n) is 18.2. The molecule has 11 nitrogen and oxygen atoms in total. The van der Waals surface area contributed by atoms with Crippen LogP contribution in [0.4, 0.5) is 4.79 Å². The van der Waals surface area contributed by atoms with E-state index in [1.54, 1.807) is 6.07 Å². The molecule has 0 saturated carbocycles. The van der Waals surface area contributed by atoms with Crippen molar-refractivity contribution in [2.75, 3.05) is 19.9 Å². The molecule has 1 N–H and O–H groups in total. The van der Waals surface area contributed by atoms with Crippen LogP contribution >= 0.6 is 0 Å². The number of carboxylic acid groups (broad SMARTS) is 1. The zero-order chi connectivity index (χ0) is 38.6. The molecule has 3 aromatic carbocycles. The van der Waals surface area contributed by atoms with Gasteiger partial charge in [-0.25, -0.2) is 22.5 Å². The fraction of sp³-hybridized carbons (Fsp3) is 0.462. The number of carbonyl (C=O) groups excluding carboxylic acids is 1. The maximum atomic E-state index is 13.7. The SMILES string of the molecule is Cc1cc(C[C@@H](c2nc3ccccc3n2COCC[Si](C)(C)C)N(Cc2ccccc2)C(=O)O)ccc1[C@@H]1CC(=O)N(COCC[Si](C)(C)C)S1(=O)=O. The molecule has 2 atom stereocenters. The zero-order valence-corrected chi connectivity index (χ0v) is 34.9. The topological polar surface area (TPSA) is 131 Å². The average molecular weight is 779 g/mol. The summed E-state index contributed by atoms with van der Waals surface area (Å²) in [6, 6.07) is 23.8. The monoisotopic (exact) mass is 778 g/mol. The van der Waals surface area contributed by atoms with Crippen LogP contribution in [-0.2, 0) is 44.0 Å². The van der Waals surface area contributed by atoms with E-state index in [1.165, 1.54) is 4.90 Å². The molecule has 286 valence electrons. The number of ether oxygens (including phenoxy) is 2. The smallest absolute Gasteiger partial charge is 0.408 e. The number of amides is 2. The molecular formula is C39H54N4O7SSi2. The number of aromatic nitrogens is 2. The number of sulfonamides is 1. The maximum absolute atomic E-state index is 13.7. The van der Waals surface area contributed by atoms with Gasteiger partial charge < -0.3 is 19.1 Å². The van der Waals surface area contributed by atoms with Crippen LogP contribution in [0.3, 0.4) is 0 Å². The lowest BCUT2D eigenvalue weighted by Gasteiger charge is -2.30. The normalized spacial score (nSPS) is 16.7. The number of para-hydroxylation sites is 2. The molecule has 1 saturated heterocycles. The minimum atomic E-state index is -3.99. The second-order valence-electron chi connectivity index (χ2n) is 16.4. The molecule has 0 aliphatic carbocycles. The Morgan fingerprint density at radius 1 is 0.906 bits per heavy atom. The van der Waals surface area contributed by atoms with Crippen molar-refractivity contribution in [3.05, 3.63) is 101 Å². The summed E-state index contributed by atoms with van der Waals surface area (Å²) in [7, 11) is -6.72. The number of imidazole rings is 1. The summed E-state index contributed by atoms with van der Waals surface area (Å²) in [5, 5.41) is 9.71. The molecule has 4 aromatic rings. The van der Waals surface area contributed by atoms with E-state index in [-0.39, 0.29) is 32.8 Å². The van der Waals surface area contributed by atoms with Gasteiger partial charge in [-0.2, -0.15) is 0 Å². The molecule has 5 rings (SSSR count). The second kappa shape index (κ2) is 16.7. The van der Waals surface area contributed by atoms with E-state index in [0.29, 0.717) is 30.2 Å². The van der Waals surface area contributed by atoms with Gasteiger partial charge in [0.2, 0.25) is 15.9 Å². The molecule has 0 radical (unpaired) electrons. The number of aryl methyl sites for hydroxylation is 1.